The van der Waals surface area contributed by atoms with E-state index in [1.54, 1.807) is 0 Å². The summed E-state index contributed by atoms with van der Waals surface area (Å²) in [6.07, 6.45) is 3.70. The van der Waals surface area contributed by atoms with Crippen molar-refractivity contribution in [3.8, 4) is 0 Å². The van der Waals surface area contributed by atoms with Gasteiger partial charge in [0.15, 0.2) is 0 Å². The Morgan fingerprint density at radius 2 is 2.29 bits per heavy atom. The topological polar surface area (TPSA) is 66.6 Å². The molecule has 1 saturated carbocycles. The summed E-state index contributed by atoms with van der Waals surface area (Å²) >= 11 is 0. The largest absolute Gasteiger partial charge is 0.481 e. The Balaban J connectivity index is 1.87. The molecular formula is C10H18N2O2. The SMILES string of the molecule is NC1CCC2CC1CN2CCC(=O)O. The number of nitrogens with two attached hydrogens (primary N) is 1. The first kappa shape index (κ1) is 9.93. The number of aliphatic carboxylic acids is 1. The van der Waals surface area contributed by atoms with Crippen LogP contribution in [0.1, 0.15) is 25.7 Å². The van der Waals surface area contributed by atoms with Crippen molar-refractivity contribution in [1.82, 2.24) is 4.90 Å². The van der Waals surface area contributed by atoms with Crippen molar-refractivity contribution in [3.05, 3.63) is 0 Å². The average Bonchev–Trinajstić information content (AvgIpc) is 2.48. The van der Waals surface area contributed by atoms with Gasteiger partial charge in [0.2, 0.25) is 0 Å². The smallest absolute Gasteiger partial charge is 0.304 e. The van der Waals surface area contributed by atoms with Crippen LogP contribution in [-0.2, 0) is 4.79 Å². The Morgan fingerprint density at radius 1 is 1.50 bits per heavy atom. The molecule has 1 saturated heterocycles. The van der Waals surface area contributed by atoms with Crippen molar-refractivity contribution in [3.63, 3.8) is 0 Å². The molecule has 0 amide bonds. The van der Waals surface area contributed by atoms with Crippen molar-refractivity contribution in [2.75, 3.05) is 13.1 Å². The molecule has 3 unspecified atom stereocenters. The number of carboxylic acid groups (broad SMARTS) is 1. The number of carbonyl (C=O) groups is 1. The lowest BCUT2D eigenvalue weighted by molar-refractivity contribution is -0.137. The molecule has 0 aromatic rings. The first-order chi connectivity index (χ1) is 6.66. The Hall–Kier alpha value is -0.610. The fourth-order valence-corrected chi connectivity index (χ4v) is 2.77. The van der Waals surface area contributed by atoms with Gasteiger partial charge in [-0.05, 0) is 25.2 Å². The maximum atomic E-state index is 10.5. The van der Waals surface area contributed by atoms with E-state index < -0.39 is 5.97 Å². The second kappa shape index (κ2) is 3.87. The Morgan fingerprint density at radius 3 is 2.93 bits per heavy atom. The minimum Gasteiger partial charge on any atom is -0.481 e. The zero-order chi connectivity index (χ0) is 10.1. The number of carboxylic acids is 1. The van der Waals surface area contributed by atoms with Crippen LogP contribution in [0.25, 0.3) is 0 Å². The van der Waals surface area contributed by atoms with E-state index in [-0.39, 0.29) is 6.42 Å². The first-order valence-corrected chi connectivity index (χ1v) is 5.38. The third kappa shape index (κ3) is 1.91. The Bertz CT molecular complexity index is 232. The number of fused-ring (bicyclic) bond motifs is 2. The van der Waals surface area contributed by atoms with Crippen LogP contribution in [0.3, 0.4) is 0 Å². The standard InChI is InChI=1S/C10H18N2O2/c11-9-2-1-8-5-7(9)6-12(8)4-3-10(13)14/h7-9H,1-6,11H2,(H,13,14). The predicted octanol–water partition coefficient (Wildman–Crippen LogP) is 0.273. The van der Waals surface area contributed by atoms with E-state index in [1.165, 1.54) is 6.42 Å². The quantitative estimate of drug-likeness (QED) is 0.683. The summed E-state index contributed by atoms with van der Waals surface area (Å²) in [5.74, 6) is -0.0849. The highest BCUT2D eigenvalue weighted by atomic mass is 16.4. The van der Waals surface area contributed by atoms with Gasteiger partial charge in [0, 0.05) is 25.2 Å². The van der Waals surface area contributed by atoms with Crippen molar-refractivity contribution in [2.24, 2.45) is 11.7 Å². The number of hydrogen-bond acceptors (Lipinski definition) is 3. The van der Waals surface area contributed by atoms with Crippen LogP contribution in [0, 0.1) is 5.92 Å². The summed E-state index contributed by atoms with van der Waals surface area (Å²) < 4.78 is 0. The lowest BCUT2D eigenvalue weighted by Gasteiger charge is -2.26. The van der Waals surface area contributed by atoms with E-state index in [0.717, 1.165) is 19.4 Å². The maximum absolute atomic E-state index is 10.5. The molecule has 80 valence electrons. The maximum Gasteiger partial charge on any atom is 0.304 e. The number of likely N-dealkylation sites (tertiary alicyclic amines) is 1. The zero-order valence-electron chi connectivity index (χ0n) is 8.35. The van der Waals surface area contributed by atoms with Crippen molar-refractivity contribution < 1.29 is 9.90 Å². The Labute approximate surface area is 84.1 Å². The molecule has 1 heterocycles. The molecule has 2 rings (SSSR count). The second-order valence-electron chi connectivity index (χ2n) is 4.53. The molecule has 1 aliphatic carbocycles. The van der Waals surface area contributed by atoms with Crippen LogP contribution in [0.4, 0.5) is 0 Å². The van der Waals surface area contributed by atoms with Crippen molar-refractivity contribution in [2.45, 2.75) is 37.8 Å². The third-order valence-electron chi connectivity index (χ3n) is 3.61. The monoisotopic (exact) mass is 198 g/mol. The van der Waals surface area contributed by atoms with Crippen molar-refractivity contribution in [1.29, 1.82) is 0 Å². The van der Waals surface area contributed by atoms with Crippen LogP contribution < -0.4 is 5.73 Å². The van der Waals surface area contributed by atoms with Gasteiger partial charge in [-0.3, -0.25) is 9.69 Å². The van der Waals surface area contributed by atoms with Gasteiger partial charge < -0.3 is 10.8 Å². The van der Waals surface area contributed by atoms with Gasteiger partial charge in [-0.1, -0.05) is 0 Å². The molecule has 2 bridgehead atoms. The molecule has 3 N–H and O–H groups in total. The van der Waals surface area contributed by atoms with Gasteiger partial charge in [-0.25, -0.2) is 0 Å². The molecule has 0 radical (unpaired) electrons. The molecule has 4 heteroatoms. The lowest BCUT2D eigenvalue weighted by Crippen LogP contribution is -2.34. The van der Waals surface area contributed by atoms with Gasteiger partial charge in [-0.15, -0.1) is 0 Å². The molecule has 0 aromatic carbocycles. The molecule has 4 nitrogen and oxygen atoms in total. The van der Waals surface area contributed by atoms with E-state index in [0.29, 0.717) is 24.5 Å². The number of hydrogen-bond donors (Lipinski definition) is 2. The molecule has 14 heavy (non-hydrogen) atoms. The molecule has 1 aliphatic heterocycles. The molecule has 0 spiro atoms. The van der Waals surface area contributed by atoms with Crippen LogP contribution in [0.2, 0.25) is 0 Å². The Kier molecular flexibility index (Phi) is 2.74. The van der Waals surface area contributed by atoms with E-state index in [9.17, 15) is 4.79 Å². The van der Waals surface area contributed by atoms with Crippen LogP contribution in [0.15, 0.2) is 0 Å². The summed E-state index contributed by atoms with van der Waals surface area (Å²) in [7, 11) is 0. The fraction of sp³-hybridized carbons (Fsp3) is 0.900. The van der Waals surface area contributed by atoms with E-state index in [4.69, 9.17) is 10.8 Å². The summed E-state index contributed by atoms with van der Waals surface area (Å²) in [5, 5.41) is 8.61. The lowest BCUT2D eigenvalue weighted by atomic mass is 9.86. The summed E-state index contributed by atoms with van der Waals surface area (Å²) in [4.78, 5) is 12.8. The van der Waals surface area contributed by atoms with Crippen molar-refractivity contribution >= 4 is 5.97 Å². The average molecular weight is 198 g/mol. The van der Waals surface area contributed by atoms with Gasteiger partial charge in [0.1, 0.15) is 0 Å². The van der Waals surface area contributed by atoms with Gasteiger partial charge >= 0.3 is 5.97 Å². The van der Waals surface area contributed by atoms with Gasteiger partial charge in [-0.2, -0.15) is 0 Å². The molecular weight excluding hydrogens is 180 g/mol. The van der Waals surface area contributed by atoms with Crippen LogP contribution in [0.5, 0.6) is 0 Å². The van der Waals surface area contributed by atoms with Gasteiger partial charge in [0.25, 0.3) is 0 Å². The fourth-order valence-electron chi connectivity index (χ4n) is 2.77. The normalized spacial score (nSPS) is 37.4. The second-order valence-corrected chi connectivity index (χ2v) is 4.53. The first-order valence-electron chi connectivity index (χ1n) is 5.38. The van der Waals surface area contributed by atoms with E-state index >= 15 is 0 Å². The van der Waals surface area contributed by atoms with E-state index in [1.807, 2.05) is 0 Å². The summed E-state index contributed by atoms with van der Waals surface area (Å²) in [6, 6.07) is 0.959. The number of nitrogens with zero attached hydrogens (tertiary/aromatic N) is 1. The van der Waals surface area contributed by atoms with Crippen LogP contribution >= 0.6 is 0 Å². The van der Waals surface area contributed by atoms with Gasteiger partial charge in [0.05, 0.1) is 6.42 Å². The predicted molar refractivity (Wildman–Crippen MR) is 52.9 cm³/mol. The highest BCUT2D eigenvalue weighted by molar-refractivity contribution is 5.66. The molecule has 2 aliphatic rings. The summed E-state index contributed by atoms with van der Waals surface area (Å²) in [6.45, 7) is 1.71. The van der Waals surface area contributed by atoms with E-state index in [2.05, 4.69) is 4.90 Å². The minimum atomic E-state index is -0.698. The third-order valence-corrected chi connectivity index (χ3v) is 3.61. The molecule has 3 atom stereocenters. The molecule has 0 aromatic heterocycles. The van der Waals surface area contributed by atoms with Crippen LogP contribution in [-0.4, -0.2) is 41.1 Å². The number of rotatable bonds is 3. The highest BCUT2D eigenvalue weighted by Gasteiger charge is 2.38. The minimum absolute atomic E-state index is 0.262. The zero-order valence-corrected chi connectivity index (χ0v) is 8.35. The molecule has 2 fully saturated rings. The summed E-state index contributed by atoms with van der Waals surface area (Å²) in [5.41, 5.74) is 5.99. The highest BCUT2D eigenvalue weighted by Crippen LogP contribution is 2.34.